The molecule has 0 amide bonds. The Morgan fingerprint density at radius 3 is 2.87 bits per heavy atom. The lowest BCUT2D eigenvalue weighted by molar-refractivity contribution is 0.320. The van der Waals surface area contributed by atoms with E-state index in [2.05, 4.69) is 20.6 Å². The van der Waals surface area contributed by atoms with Crippen LogP contribution in [0.15, 0.2) is 35.5 Å². The molecule has 8 heteroatoms. The SMILES string of the molecule is CN=C(NCCOc1cccc(F)c1)NCc1ncc(C)s1.I. The van der Waals surface area contributed by atoms with Gasteiger partial charge in [0.05, 0.1) is 13.1 Å². The summed E-state index contributed by atoms with van der Waals surface area (Å²) in [5.74, 6) is 0.889. The molecule has 0 bridgehead atoms. The van der Waals surface area contributed by atoms with Gasteiger partial charge in [-0.25, -0.2) is 9.37 Å². The smallest absolute Gasteiger partial charge is 0.191 e. The molecule has 0 radical (unpaired) electrons. The third kappa shape index (κ3) is 7.12. The molecule has 2 N–H and O–H groups in total. The van der Waals surface area contributed by atoms with Crippen LogP contribution in [0.2, 0.25) is 0 Å². The van der Waals surface area contributed by atoms with Crippen molar-refractivity contribution in [2.24, 2.45) is 4.99 Å². The molecule has 23 heavy (non-hydrogen) atoms. The number of hydrogen-bond donors (Lipinski definition) is 2. The van der Waals surface area contributed by atoms with E-state index in [-0.39, 0.29) is 29.8 Å². The molecular weight excluding hydrogens is 430 g/mol. The maximum atomic E-state index is 13.0. The topological polar surface area (TPSA) is 58.5 Å². The number of guanidine groups is 1. The van der Waals surface area contributed by atoms with Crippen molar-refractivity contribution in [3.8, 4) is 5.75 Å². The number of hydrogen-bond acceptors (Lipinski definition) is 4. The van der Waals surface area contributed by atoms with Crippen molar-refractivity contribution in [1.82, 2.24) is 15.6 Å². The van der Waals surface area contributed by atoms with E-state index in [1.165, 1.54) is 17.0 Å². The molecule has 0 spiro atoms. The Morgan fingerprint density at radius 2 is 2.22 bits per heavy atom. The van der Waals surface area contributed by atoms with Gasteiger partial charge < -0.3 is 15.4 Å². The van der Waals surface area contributed by atoms with Crippen LogP contribution in [0.3, 0.4) is 0 Å². The molecule has 2 aromatic rings. The van der Waals surface area contributed by atoms with Crippen LogP contribution in [0, 0.1) is 12.7 Å². The molecule has 1 aromatic carbocycles. The average molecular weight is 450 g/mol. The predicted octanol–water partition coefficient (Wildman–Crippen LogP) is 2.95. The van der Waals surface area contributed by atoms with E-state index in [4.69, 9.17) is 4.74 Å². The molecule has 1 heterocycles. The lowest BCUT2D eigenvalue weighted by atomic mass is 10.3. The molecule has 0 aliphatic rings. The molecule has 0 unspecified atom stereocenters. The van der Waals surface area contributed by atoms with Gasteiger partial charge in [-0.15, -0.1) is 35.3 Å². The van der Waals surface area contributed by atoms with E-state index < -0.39 is 0 Å². The first-order chi connectivity index (χ1) is 10.7. The minimum atomic E-state index is -0.304. The molecule has 0 saturated carbocycles. The maximum absolute atomic E-state index is 13.0. The Labute approximate surface area is 156 Å². The van der Waals surface area contributed by atoms with E-state index in [0.29, 0.717) is 31.4 Å². The van der Waals surface area contributed by atoms with Gasteiger partial charge in [0.15, 0.2) is 5.96 Å². The first-order valence-corrected chi connectivity index (χ1v) is 7.73. The minimum Gasteiger partial charge on any atom is -0.492 e. The van der Waals surface area contributed by atoms with Gasteiger partial charge >= 0.3 is 0 Å². The minimum absolute atomic E-state index is 0. The molecular formula is C15H20FIN4OS. The highest BCUT2D eigenvalue weighted by Crippen LogP contribution is 2.11. The maximum Gasteiger partial charge on any atom is 0.191 e. The molecule has 0 aliphatic heterocycles. The van der Waals surface area contributed by atoms with Crippen molar-refractivity contribution in [2.45, 2.75) is 13.5 Å². The van der Waals surface area contributed by atoms with Gasteiger partial charge in [-0.05, 0) is 19.1 Å². The van der Waals surface area contributed by atoms with Gasteiger partial charge in [-0.2, -0.15) is 0 Å². The van der Waals surface area contributed by atoms with Gasteiger partial charge in [-0.1, -0.05) is 6.07 Å². The van der Waals surface area contributed by atoms with Gasteiger partial charge in [0.1, 0.15) is 23.2 Å². The third-order valence-electron chi connectivity index (χ3n) is 2.76. The first kappa shape index (κ1) is 19.6. The fourth-order valence-electron chi connectivity index (χ4n) is 1.76. The summed E-state index contributed by atoms with van der Waals surface area (Å²) in [4.78, 5) is 9.59. The summed E-state index contributed by atoms with van der Waals surface area (Å²) in [6, 6.07) is 6.09. The van der Waals surface area contributed by atoms with E-state index in [1.807, 2.05) is 13.1 Å². The number of halogens is 2. The lowest BCUT2D eigenvalue weighted by Gasteiger charge is -2.11. The first-order valence-electron chi connectivity index (χ1n) is 6.91. The molecule has 0 aliphatic carbocycles. The summed E-state index contributed by atoms with van der Waals surface area (Å²) >= 11 is 1.65. The molecule has 2 rings (SSSR count). The standard InChI is InChI=1S/C15H19FN4OS.HI/c1-11-9-19-14(22-11)10-20-15(17-2)18-6-7-21-13-5-3-4-12(16)8-13;/h3-5,8-9H,6-7,10H2,1-2H3,(H2,17,18,20);1H. The second-order valence-electron chi connectivity index (χ2n) is 4.52. The number of aromatic nitrogens is 1. The summed E-state index contributed by atoms with van der Waals surface area (Å²) in [7, 11) is 1.70. The zero-order chi connectivity index (χ0) is 15.8. The molecule has 0 atom stereocenters. The number of nitrogens with zero attached hydrogens (tertiary/aromatic N) is 2. The fourth-order valence-corrected chi connectivity index (χ4v) is 2.49. The van der Waals surface area contributed by atoms with Crippen LogP contribution in [0.25, 0.3) is 0 Å². The highest BCUT2D eigenvalue weighted by Gasteiger charge is 2.01. The number of benzene rings is 1. The van der Waals surface area contributed by atoms with Crippen LogP contribution >= 0.6 is 35.3 Å². The van der Waals surface area contributed by atoms with Gasteiger partial charge in [0.2, 0.25) is 0 Å². The summed E-state index contributed by atoms with van der Waals surface area (Å²) in [5, 5.41) is 7.32. The number of rotatable bonds is 6. The molecule has 5 nitrogen and oxygen atoms in total. The summed E-state index contributed by atoms with van der Waals surface area (Å²) < 4.78 is 18.4. The van der Waals surface area contributed by atoms with Gasteiger partial charge in [0, 0.05) is 24.2 Å². The number of nitrogens with one attached hydrogen (secondary N) is 2. The van der Waals surface area contributed by atoms with Crippen molar-refractivity contribution in [1.29, 1.82) is 0 Å². The van der Waals surface area contributed by atoms with Crippen molar-refractivity contribution in [3.63, 3.8) is 0 Å². The zero-order valence-electron chi connectivity index (χ0n) is 13.0. The van der Waals surface area contributed by atoms with Crippen molar-refractivity contribution in [2.75, 3.05) is 20.2 Å². The Morgan fingerprint density at radius 1 is 1.39 bits per heavy atom. The second kappa shape index (κ2) is 10.4. The third-order valence-corrected chi connectivity index (χ3v) is 3.67. The fraction of sp³-hybridized carbons (Fsp3) is 0.333. The van der Waals surface area contributed by atoms with E-state index >= 15 is 0 Å². The number of aliphatic imine (C=N–C) groups is 1. The van der Waals surface area contributed by atoms with E-state index in [0.717, 1.165) is 5.01 Å². The van der Waals surface area contributed by atoms with Crippen molar-refractivity contribution in [3.05, 3.63) is 46.2 Å². The quantitative estimate of drug-likeness (QED) is 0.308. The Kier molecular flexibility index (Phi) is 8.85. The molecule has 0 fully saturated rings. The summed E-state index contributed by atoms with van der Waals surface area (Å²) in [6.07, 6.45) is 1.85. The van der Waals surface area contributed by atoms with Gasteiger partial charge in [0.25, 0.3) is 0 Å². The molecule has 1 aromatic heterocycles. The Balaban J connectivity index is 0.00000264. The monoisotopic (exact) mass is 450 g/mol. The van der Waals surface area contributed by atoms with Crippen LogP contribution in [0.1, 0.15) is 9.88 Å². The van der Waals surface area contributed by atoms with Gasteiger partial charge in [-0.3, -0.25) is 4.99 Å². The normalized spacial score (nSPS) is 10.8. The van der Waals surface area contributed by atoms with Crippen LogP contribution in [0.5, 0.6) is 5.75 Å². The number of thiazole rings is 1. The van der Waals surface area contributed by atoms with Crippen LogP contribution < -0.4 is 15.4 Å². The highest BCUT2D eigenvalue weighted by molar-refractivity contribution is 14.0. The highest BCUT2D eigenvalue weighted by atomic mass is 127. The summed E-state index contributed by atoms with van der Waals surface area (Å²) in [6.45, 7) is 3.63. The van der Waals surface area contributed by atoms with E-state index in [1.54, 1.807) is 30.5 Å². The van der Waals surface area contributed by atoms with Crippen LogP contribution in [0.4, 0.5) is 4.39 Å². The molecule has 126 valence electrons. The Hall–Kier alpha value is -1.42. The average Bonchev–Trinajstić information content (AvgIpc) is 2.92. The molecule has 0 saturated heterocycles. The Bertz CT molecular complexity index is 635. The zero-order valence-corrected chi connectivity index (χ0v) is 16.2. The van der Waals surface area contributed by atoms with Crippen molar-refractivity contribution < 1.29 is 9.13 Å². The largest absolute Gasteiger partial charge is 0.492 e. The number of aryl methyl sites for hydroxylation is 1. The van der Waals surface area contributed by atoms with Crippen LogP contribution in [-0.2, 0) is 6.54 Å². The number of ether oxygens (including phenoxy) is 1. The summed E-state index contributed by atoms with van der Waals surface area (Å²) in [5.41, 5.74) is 0. The van der Waals surface area contributed by atoms with E-state index in [9.17, 15) is 4.39 Å². The second-order valence-corrected chi connectivity index (χ2v) is 5.84. The lowest BCUT2D eigenvalue weighted by Crippen LogP contribution is -2.38. The van der Waals surface area contributed by atoms with Crippen molar-refractivity contribution >= 4 is 41.3 Å². The van der Waals surface area contributed by atoms with Crippen LogP contribution in [-0.4, -0.2) is 31.1 Å². The predicted molar refractivity (Wildman–Crippen MR) is 102 cm³/mol.